The highest BCUT2D eigenvalue weighted by atomic mass is 16.5. The van der Waals surface area contributed by atoms with E-state index in [9.17, 15) is 4.79 Å². The van der Waals surface area contributed by atoms with Crippen molar-refractivity contribution in [3.05, 3.63) is 42.2 Å². The Morgan fingerprint density at radius 2 is 2.04 bits per heavy atom. The first-order chi connectivity index (χ1) is 11.5. The number of carbonyl (C=O) groups is 1. The van der Waals surface area contributed by atoms with Crippen molar-refractivity contribution < 1.29 is 9.53 Å². The lowest BCUT2D eigenvalue weighted by atomic mass is 9.88. The number of nitrogens with zero attached hydrogens (tertiary/aromatic N) is 3. The summed E-state index contributed by atoms with van der Waals surface area (Å²) in [4.78, 5) is 23.1. The number of hydrogen-bond acceptors (Lipinski definition) is 5. The van der Waals surface area contributed by atoms with Crippen molar-refractivity contribution in [3.63, 3.8) is 0 Å². The second kappa shape index (κ2) is 6.57. The van der Waals surface area contributed by atoms with E-state index in [2.05, 4.69) is 22.2 Å². The number of hydrogen-bond donors (Lipinski definition) is 1. The smallest absolute Gasteiger partial charge is 0.251 e. The molecule has 1 fully saturated rings. The topological polar surface area (TPSA) is 67.4 Å². The summed E-state index contributed by atoms with van der Waals surface area (Å²) in [6, 6.07) is 7.47. The molecule has 1 amide bonds. The zero-order valence-corrected chi connectivity index (χ0v) is 14.2. The largest absolute Gasteiger partial charge is 0.380 e. The Balaban J connectivity index is 1.80. The van der Waals surface area contributed by atoms with Crippen LogP contribution < -0.4 is 10.2 Å². The molecule has 0 atom stereocenters. The van der Waals surface area contributed by atoms with Crippen LogP contribution in [0.15, 0.2) is 36.7 Å². The van der Waals surface area contributed by atoms with Crippen LogP contribution in [0.5, 0.6) is 0 Å². The first kappa shape index (κ1) is 16.4. The van der Waals surface area contributed by atoms with E-state index in [1.54, 1.807) is 12.4 Å². The molecular weight excluding hydrogens is 304 g/mol. The Labute approximate surface area is 141 Å². The molecule has 0 spiro atoms. The molecule has 24 heavy (non-hydrogen) atoms. The van der Waals surface area contributed by atoms with E-state index in [1.807, 2.05) is 43.3 Å². The first-order valence-corrected chi connectivity index (χ1v) is 7.93. The molecule has 1 aromatic carbocycles. The van der Waals surface area contributed by atoms with Gasteiger partial charge >= 0.3 is 0 Å². The molecule has 0 radical (unpaired) electrons. The molecule has 1 aliphatic heterocycles. The van der Waals surface area contributed by atoms with Gasteiger partial charge in [0.25, 0.3) is 5.91 Å². The second-order valence-electron chi connectivity index (χ2n) is 6.69. The molecule has 6 heteroatoms. The molecule has 6 nitrogen and oxygen atoms in total. The predicted molar refractivity (Wildman–Crippen MR) is 93.1 cm³/mol. The second-order valence-corrected chi connectivity index (χ2v) is 6.69. The summed E-state index contributed by atoms with van der Waals surface area (Å²) in [5.74, 6) is 0.689. The molecule has 1 aromatic heterocycles. The van der Waals surface area contributed by atoms with E-state index in [4.69, 9.17) is 4.74 Å². The van der Waals surface area contributed by atoms with Gasteiger partial charge in [0.1, 0.15) is 5.69 Å². The summed E-state index contributed by atoms with van der Waals surface area (Å²) < 4.78 is 5.22. The van der Waals surface area contributed by atoms with Gasteiger partial charge in [0.05, 0.1) is 13.2 Å². The van der Waals surface area contributed by atoms with Crippen LogP contribution in [-0.4, -0.2) is 49.7 Å². The third kappa shape index (κ3) is 3.38. The lowest BCUT2D eigenvalue weighted by molar-refractivity contribution is -0.0978. The minimum absolute atomic E-state index is 0.0519. The molecule has 126 valence electrons. The number of amides is 1. The zero-order chi connectivity index (χ0) is 17.2. The maximum absolute atomic E-state index is 12.4. The van der Waals surface area contributed by atoms with E-state index in [0.29, 0.717) is 25.3 Å². The van der Waals surface area contributed by atoms with Crippen LogP contribution in [0.4, 0.5) is 5.82 Å². The number of nitrogens with one attached hydrogen (secondary N) is 1. The van der Waals surface area contributed by atoms with Gasteiger partial charge < -0.3 is 15.0 Å². The van der Waals surface area contributed by atoms with Crippen molar-refractivity contribution in [1.29, 1.82) is 0 Å². The average Bonchev–Trinajstić information content (AvgIpc) is 2.58. The van der Waals surface area contributed by atoms with Crippen LogP contribution in [0.1, 0.15) is 17.3 Å². The van der Waals surface area contributed by atoms with Gasteiger partial charge in [-0.2, -0.15) is 0 Å². The number of rotatable bonds is 5. The van der Waals surface area contributed by atoms with Crippen LogP contribution >= 0.6 is 0 Å². The molecule has 2 aromatic rings. The van der Waals surface area contributed by atoms with Gasteiger partial charge in [-0.15, -0.1) is 0 Å². The van der Waals surface area contributed by atoms with Gasteiger partial charge in [0, 0.05) is 49.6 Å². The van der Waals surface area contributed by atoms with Gasteiger partial charge in [-0.3, -0.25) is 9.78 Å². The van der Waals surface area contributed by atoms with Gasteiger partial charge in [-0.1, -0.05) is 19.1 Å². The van der Waals surface area contributed by atoms with Crippen LogP contribution in [0.3, 0.4) is 0 Å². The summed E-state index contributed by atoms with van der Waals surface area (Å²) in [7, 11) is 3.84. The van der Waals surface area contributed by atoms with Crippen molar-refractivity contribution in [2.75, 3.05) is 38.8 Å². The normalized spacial score (nSPS) is 15.5. The minimum Gasteiger partial charge on any atom is -0.380 e. The Bertz CT molecular complexity index is 741. The SMILES string of the molecule is CN(C)c1nccnc1-c1cccc(C(=O)NCC2(C)COC2)c1. The van der Waals surface area contributed by atoms with Gasteiger partial charge in [-0.25, -0.2) is 4.98 Å². The molecule has 0 bridgehead atoms. The number of carbonyl (C=O) groups excluding carboxylic acids is 1. The van der Waals surface area contributed by atoms with E-state index in [0.717, 1.165) is 17.1 Å². The van der Waals surface area contributed by atoms with Crippen LogP contribution in [0.2, 0.25) is 0 Å². The predicted octanol–water partition coefficient (Wildman–Crippen LogP) is 1.98. The van der Waals surface area contributed by atoms with Crippen molar-refractivity contribution in [2.45, 2.75) is 6.92 Å². The van der Waals surface area contributed by atoms with Gasteiger partial charge in [0.2, 0.25) is 0 Å². The third-order valence-electron chi connectivity index (χ3n) is 4.08. The lowest BCUT2D eigenvalue weighted by Gasteiger charge is -2.38. The Morgan fingerprint density at radius 3 is 2.71 bits per heavy atom. The van der Waals surface area contributed by atoms with Gasteiger partial charge in [-0.05, 0) is 12.1 Å². The monoisotopic (exact) mass is 326 g/mol. The lowest BCUT2D eigenvalue weighted by Crippen LogP contribution is -2.48. The summed E-state index contributed by atoms with van der Waals surface area (Å²) in [5, 5.41) is 2.99. The van der Waals surface area contributed by atoms with Gasteiger partial charge in [0.15, 0.2) is 5.82 Å². The minimum atomic E-state index is -0.0831. The maximum Gasteiger partial charge on any atom is 0.251 e. The van der Waals surface area contributed by atoms with Crippen LogP contribution in [0.25, 0.3) is 11.3 Å². The Hall–Kier alpha value is -2.47. The summed E-state index contributed by atoms with van der Waals surface area (Å²) >= 11 is 0. The summed E-state index contributed by atoms with van der Waals surface area (Å²) in [6.07, 6.45) is 3.32. The molecule has 1 N–H and O–H groups in total. The van der Waals surface area contributed by atoms with Crippen molar-refractivity contribution in [2.24, 2.45) is 5.41 Å². The van der Waals surface area contributed by atoms with Crippen molar-refractivity contribution >= 4 is 11.7 Å². The van der Waals surface area contributed by atoms with E-state index in [-0.39, 0.29) is 11.3 Å². The molecule has 3 rings (SSSR count). The van der Waals surface area contributed by atoms with E-state index < -0.39 is 0 Å². The van der Waals surface area contributed by atoms with E-state index in [1.165, 1.54) is 0 Å². The highest BCUT2D eigenvalue weighted by Crippen LogP contribution is 2.27. The fourth-order valence-corrected chi connectivity index (χ4v) is 2.62. The molecule has 1 saturated heterocycles. The highest BCUT2D eigenvalue weighted by Gasteiger charge is 2.33. The average molecular weight is 326 g/mol. The van der Waals surface area contributed by atoms with Crippen molar-refractivity contribution in [3.8, 4) is 11.3 Å². The number of aromatic nitrogens is 2. The molecule has 0 saturated carbocycles. The number of benzene rings is 1. The van der Waals surface area contributed by atoms with Crippen LogP contribution in [-0.2, 0) is 4.74 Å². The highest BCUT2D eigenvalue weighted by molar-refractivity contribution is 5.95. The molecule has 2 heterocycles. The first-order valence-electron chi connectivity index (χ1n) is 7.93. The van der Waals surface area contributed by atoms with E-state index >= 15 is 0 Å². The molecule has 0 aliphatic carbocycles. The third-order valence-corrected chi connectivity index (χ3v) is 4.08. The standard InChI is InChI=1S/C18H22N4O2/c1-18(11-24-12-18)10-21-17(23)14-6-4-5-13(9-14)15-16(22(2)3)20-8-7-19-15/h4-9H,10-12H2,1-3H3,(H,21,23). The fraction of sp³-hybridized carbons (Fsp3) is 0.389. The van der Waals surface area contributed by atoms with Crippen molar-refractivity contribution in [1.82, 2.24) is 15.3 Å². The molecule has 1 aliphatic rings. The summed E-state index contributed by atoms with van der Waals surface area (Å²) in [6.45, 7) is 4.11. The molecule has 0 unspecified atom stereocenters. The maximum atomic E-state index is 12.4. The fourth-order valence-electron chi connectivity index (χ4n) is 2.62. The quantitative estimate of drug-likeness (QED) is 0.910. The Morgan fingerprint density at radius 1 is 1.29 bits per heavy atom. The number of ether oxygens (including phenoxy) is 1. The summed E-state index contributed by atoms with van der Waals surface area (Å²) in [5.41, 5.74) is 2.30. The number of anilines is 1. The molecular formula is C18H22N4O2. The Kier molecular flexibility index (Phi) is 4.49. The van der Waals surface area contributed by atoms with Crippen LogP contribution in [0, 0.1) is 5.41 Å². The zero-order valence-electron chi connectivity index (χ0n) is 14.2.